The van der Waals surface area contributed by atoms with Crippen molar-refractivity contribution >= 4 is 17.9 Å². The molecular weight excluding hydrogens is 584 g/mol. The topological polar surface area (TPSA) is 108 Å². The molecule has 8 heteroatoms. The van der Waals surface area contributed by atoms with E-state index in [-0.39, 0.29) is 65.6 Å². The van der Waals surface area contributed by atoms with Gasteiger partial charge in [-0.05, 0) is 99.5 Å². The number of carbonyl (C=O) groups is 3. The first-order valence-corrected chi connectivity index (χ1v) is 17.4. The first-order valence-electron chi connectivity index (χ1n) is 17.4. The van der Waals surface area contributed by atoms with Gasteiger partial charge in [0.25, 0.3) is 0 Å². The fourth-order valence-electron chi connectivity index (χ4n) is 10.5. The van der Waals surface area contributed by atoms with Crippen LogP contribution in [0.3, 0.4) is 0 Å². The minimum Gasteiger partial charge on any atom is -0.463 e. The van der Waals surface area contributed by atoms with Gasteiger partial charge in [-0.1, -0.05) is 50.6 Å². The number of fused-ring (bicyclic) bond motifs is 7. The van der Waals surface area contributed by atoms with E-state index >= 15 is 0 Å². The zero-order valence-corrected chi connectivity index (χ0v) is 28.3. The highest BCUT2D eigenvalue weighted by molar-refractivity contribution is 5.89. The van der Waals surface area contributed by atoms with Crippen LogP contribution in [0.1, 0.15) is 103 Å². The summed E-state index contributed by atoms with van der Waals surface area (Å²) in [7, 11) is 0. The normalized spacial score (nSPS) is 40.7. The minimum atomic E-state index is -1.13. The van der Waals surface area contributed by atoms with Gasteiger partial charge < -0.3 is 24.1 Å². The van der Waals surface area contributed by atoms with Crippen LogP contribution in [0.4, 0.5) is 0 Å². The van der Waals surface area contributed by atoms with Gasteiger partial charge in [0.15, 0.2) is 0 Å². The molecule has 1 aromatic rings. The van der Waals surface area contributed by atoms with E-state index in [2.05, 4.69) is 26.8 Å². The van der Waals surface area contributed by atoms with Crippen molar-refractivity contribution in [2.75, 3.05) is 6.61 Å². The molecule has 4 fully saturated rings. The summed E-state index contributed by atoms with van der Waals surface area (Å²) in [5.41, 5.74) is 0.526. The van der Waals surface area contributed by atoms with E-state index in [1.807, 2.05) is 30.3 Å². The van der Waals surface area contributed by atoms with Crippen LogP contribution in [-0.2, 0) is 28.5 Å². The largest absolute Gasteiger partial charge is 0.463 e. The van der Waals surface area contributed by atoms with Crippen LogP contribution in [0.15, 0.2) is 42.0 Å². The highest BCUT2D eigenvalue weighted by Crippen LogP contribution is 2.69. The molecule has 1 saturated heterocycles. The van der Waals surface area contributed by atoms with Crippen molar-refractivity contribution in [2.45, 2.75) is 123 Å². The second kappa shape index (κ2) is 12.4. The predicted molar refractivity (Wildman–Crippen MR) is 171 cm³/mol. The molecule has 8 nitrogen and oxygen atoms in total. The standard InChI is InChI=1S/C38H52O8/c1-22-31(15-16-36(4,42)21-43-23(2)39)45-32-19-30-28-13-12-26-18-27(44-24(3)40)14-17-37(26,5)29(28)20-33(38(30,6)34(22)32)46-35(41)25-10-8-7-9-11-25/h7-11,19,22,26-29,31-34,42H,12-18,20-21H2,1-6H3/t22-,26+,27+,28-,29+,31-,32+,33+,34+,36?,37+,38-/m1/s1. The molecule has 0 amide bonds. The Morgan fingerprint density at radius 3 is 2.46 bits per heavy atom. The molecule has 1 N–H and O–H groups in total. The minimum absolute atomic E-state index is 0.0151. The predicted octanol–water partition coefficient (Wildman–Crippen LogP) is 6.44. The van der Waals surface area contributed by atoms with E-state index in [9.17, 15) is 19.5 Å². The van der Waals surface area contributed by atoms with Crippen molar-refractivity contribution in [2.24, 2.45) is 40.4 Å². The molecule has 0 radical (unpaired) electrons. The molecule has 3 saturated carbocycles. The Bertz CT molecular complexity index is 1350. The third-order valence-electron chi connectivity index (χ3n) is 12.8. The van der Waals surface area contributed by atoms with E-state index in [0.717, 1.165) is 38.5 Å². The molecule has 5 aliphatic rings. The molecule has 0 bridgehead atoms. The summed E-state index contributed by atoms with van der Waals surface area (Å²) in [5, 5.41) is 10.9. The number of hydrogen-bond acceptors (Lipinski definition) is 8. The average molecular weight is 637 g/mol. The van der Waals surface area contributed by atoms with E-state index in [0.29, 0.717) is 36.2 Å². The van der Waals surface area contributed by atoms with Gasteiger partial charge in [-0.3, -0.25) is 9.59 Å². The maximum absolute atomic E-state index is 13.7. The lowest BCUT2D eigenvalue weighted by Gasteiger charge is -2.61. The van der Waals surface area contributed by atoms with Crippen molar-refractivity contribution in [3.05, 3.63) is 47.5 Å². The van der Waals surface area contributed by atoms with Crippen LogP contribution in [0, 0.1) is 40.4 Å². The van der Waals surface area contributed by atoms with Crippen molar-refractivity contribution < 1.29 is 38.4 Å². The van der Waals surface area contributed by atoms with Crippen molar-refractivity contribution in [1.29, 1.82) is 0 Å². The number of benzene rings is 1. The molecule has 12 atom stereocenters. The Kier molecular flexibility index (Phi) is 8.94. The summed E-state index contributed by atoms with van der Waals surface area (Å²) in [5.74, 6) is 0.645. The summed E-state index contributed by atoms with van der Waals surface area (Å²) < 4.78 is 24.2. The number of carbonyl (C=O) groups excluding carboxylic acids is 3. The first kappa shape index (κ1) is 33.2. The molecular formula is C38H52O8. The molecule has 4 aliphatic carbocycles. The van der Waals surface area contributed by atoms with Crippen LogP contribution < -0.4 is 0 Å². The van der Waals surface area contributed by atoms with Crippen LogP contribution in [0.5, 0.6) is 0 Å². The Hall–Kier alpha value is -2.71. The zero-order valence-electron chi connectivity index (χ0n) is 28.3. The Morgan fingerprint density at radius 1 is 1.02 bits per heavy atom. The molecule has 46 heavy (non-hydrogen) atoms. The SMILES string of the molecule is CC(=O)OCC(C)(O)CC[C@H]1O[C@H]2C=C3[C@@H]4CC[C@H]5C[C@@H](OC(C)=O)CC[C@]5(C)[C@H]4C[C@H](OC(=O)c4ccccc4)[C@]3(C)[C@H]2[C@@H]1C. The highest BCUT2D eigenvalue weighted by atomic mass is 16.6. The number of ether oxygens (including phenoxy) is 4. The smallest absolute Gasteiger partial charge is 0.338 e. The molecule has 1 aliphatic heterocycles. The third-order valence-corrected chi connectivity index (χ3v) is 12.8. The Labute approximate surface area is 273 Å². The van der Waals surface area contributed by atoms with Gasteiger partial charge in [-0.2, -0.15) is 0 Å². The number of hydrogen-bond donors (Lipinski definition) is 1. The summed E-state index contributed by atoms with van der Waals surface area (Å²) >= 11 is 0. The Balaban J connectivity index is 1.28. The number of esters is 3. The first-order chi connectivity index (χ1) is 21.7. The summed E-state index contributed by atoms with van der Waals surface area (Å²) in [6.45, 7) is 11.5. The van der Waals surface area contributed by atoms with Crippen LogP contribution in [0.2, 0.25) is 0 Å². The van der Waals surface area contributed by atoms with Gasteiger partial charge in [0.1, 0.15) is 18.8 Å². The second-order valence-electron chi connectivity index (χ2n) is 15.7. The van der Waals surface area contributed by atoms with E-state index < -0.39 is 11.6 Å². The van der Waals surface area contributed by atoms with Gasteiger partial charge in [0, 0.05) is 25.2 Å². The molecule has 1 unspecified atom stereocenters. The fourth-order valence-corrected chi connectivity index (χ4v) is 10.5. The lowest BCUT2D eigenvalue weighted by Crippen LogP contribution is -2.57. The quantitative estimate of drug-likeness (QED) is 0.197. The molecule has 0 spiro atoms. The van der Waals surface area contributed by atoms with Crippen LogP contribution in [0.25, 0.3) is 0 Å². The summed E-state index contributed by atoms with van der Waals surface area (Å²) in [6.07, 6.45) is 8.76. The highest BCUT2D eigenvalue weighted by Gasteiger charge is 2.66. The summed E-state index contributed by atoms with van der Waals surface area (Å²) in [4.78, 5) is 36.8. The molecule has 6 rings (SSSR count). The summed E-state index contributed by atoms with van der Waals surface area (Å²) in [6, 6.07) is 9.28. The van der Waals surface area contributed by atoms with E-state index in [4.69, 9.17) is 18.9 Å². The molecule has 252 valence electrons. The van der Waals surface area contributed by atoms with Crippen molar-refractivity contribution in [1.82, 2.24) is 0 Å². The molecule has 1 aromatic carbocycles. The Morgan fingerprint density at radius 2 is 1.76 bits per heavy atom. The van der Waals surface area contributed by atoms with Crippen molar-refractivity contribution in [3.63, 3.8) is 0 Å². The maximum atomic E-state index is 13.7. The second-order valence-corrected chi connectivity index (χ2v) is 15.7. The van der Waals surface area contributed by atoms with Gasteiger partial charge in [0.2, 0.25) is 0 Å². The number of aliphatic hydroxyl groups is 1. The zero-order chi connectivity index (χ0) is 33.0. The monoisotopic (exact) mass is 636 g/mol. The lowest BCUT2D eigenvalue weighted by atomic mass is 9.45. The number of rotatable bonds is 8. The molecule has 1 heterocycles. The average Bonchev–Trinajstić information content (AvgIpc) is 3.49. The van der Waals surface area contributed by atoms with Crippen LogP contribution >= 0.6 is 0 Å². The van der Waals surface area contributed by atoms with E-state index in [1.165, 1.54) is 19.4 Å². The van der Waals surface area contributed by atoms with Gasteiger partial charge in [-0.25, -0.2) is 4.79 Å². The molecule has 0 aromatic heterocycles. The lowest BCUT2D eigenvalue weighted by molar-refractivity contribution is -0.158. The fraction of sp³-hybridized carbons (Fsp3) is 0.711. The van der Waals surface area contributed by atoms with Crippen LogP contribution in [-0.4, -0.2) is 59.6 Å². The maximum Gasteiger partial charge on any atom is 0.338 e. The van der Waals surface area contributed by atoms with Gasteiger partial charge >= 0.3 is 17.9 Å². The van der Waals surface area contributed by atoms with Crippen molar-refractivity contribution in [3.8, 4) is 0 Å². The third kappa shape index (κ3) is 5.93. The van der Waals surface area contributed by atoms with Gasteiger partial charge in [0.05, 0.1) is 23.4 Å². The van der Waals surface area contributed by atoms with E-state index in [1.54, 1.807) is 6.92 Å². The van der Waals surface area contributed by atoms with Gasteiger partial charge in [-0.15, -0.1) is 0 Å².